The molecule has 4 fully saturated rings. The van der Waals surface area contributed by atoms with Crippen LogP contribution in [0.15, 0.2) is 24.3 Å². The van der Waals surface area contributed by atoms with Crippen molar-refractivity contribution in [2.75, 3.05) is 13.7 Å². The molecule has 18 nitrogen and oxygen atoms in total. The van der Waals surface area contributed by atoms with Gasteiger partial charge in [-0.1, -0.05) is 40.0 Å². The number of nitrogens with one attached hydrogen (secondary N) is 4. The standard InChI is InChI=1S/C39H55F2N9O9S/c1-21(2)59-37(55)42-29(22-10-8-7-9-11-22)34(52)43-30(38(3,4)5)35(53)49-20-24(50-46-32(45-48-50)23-12-14-25(58-6)15-13-23)18-28(49)33(51)44-39(19-27(39)31(40)41)36(54)47-60(56,57)26-16-17-26/h12-15,21-22,24,26-31H,7-11,16-20H2,1-6H3,(H,42,55)(H,43,52)(H,44,51)(H,47,54)/t24-,27+,28?,29-,30-,39-/m1/s1. The summed E-state index contributed by atoms with van der Waals surface area (Å²) < 4.78 is 66.3. The van der Waals surface area contributed by atoms with Crippen LogP contribution in [0.2, 0.25) is 0 Å². The molecule has 1 saturated heterocycles. The van der Waals surface area contributed by atoms with Crippen molar-refractivity contribution >= 4 is 39.7 Å². The summed E-state index contributed by atoms with van der Waals surface area (Å²) in [5.74, 6) is -4.70. The minimum atomic E-state index is -4.16. The number of sulfonamides is 1. The topological polar surface area (TPSA) is 233 Å². The highest BCUT2D eigenvalue weighted by molar-refractivity contribution is 7.91. The minimum absolute atomic E-state index is 0.161. The van der Waals surface area contributed by atoms with E-state index in [1.807, 2.05) is 4.72 Å². The van der Waals surface area contributed by atoms with Gasteiger partial charge in [0.1, 0.15) is 29.4 Å². The van der Waals surface area contributed by atoms with E-state index >= 15 is 0 Å². The number of methoxy groups -OCH3 is 1. The third-order valence-electron chi connectivity index (χ3n) is 11.7. The Kier molecular flexibility index (Phi) is 13.1. The van der Waals surface area contributed by atoms with E-state index in [0.29, 0.717) is 37.0 Å². The molecule has 4 N–H and O–H groups in total. The number of carbonyl (C=O) groups is 5. The lowest BCUT2D eigenvalue weighted by atomic mass is 9.82. The summed E-state index contributed by atoms with van der Waals surface area (Å²) in [6.45, 7) is 8.30. The van der Waals surface area contributed by atoms with Crippen LogP contribution in [0.25, 0.3) is 11.4 Å². The van der Waals surface area contributed by atoms with E-state index < -0.39 is 105 Å². The Morgan fingerprint density at radius 3 is 2.20 bits per heavy atom. The van der Waals surface area contributed by atoms with E-state index in [2.05, 4.69) is 31.4 Å². The Morgan fingerprint density at radius 2 is 1.63 bits per heavy atom. The fourth-order valence-corrected chi connectivity index (χ4v) is 9.40. The molecule has 6 rings (SSSR count). The quantitative estimate of drug-likeness (QED) is 0.203. The molecule has 1 aromatic carbocycles. The van der Waals surface area contributed by atoms with Crippen molar-refractivity contribution in [1.82, 2.24) is 45.8 Å². The molecule has 60 heavy (non-hydrogen) atoms. The van der Waals surface area contributed by atoms with Crippen LogP contribution in [0.1, 0.15) is 98.4 Å². The van der Waals surface area contributed by atoms with Gasteiger partial charge >= 0.3 is 6.09 Å². The Labute approximate surface area is 347 Å². The first-order chi connectivity index (χ1) is 28.2. The number of rotatable bonds is 15. The van der Waals surface area contributed by atoms with E-state index in [-0.39, 0.29) is 24.7 Å². The van der Waals surface area contributed by atoms with Gasteiger partial charge in [0.05, 0.1) is 30.4 Å². The van der Waals surface area contributed by atoms with Gasteiger partial charge in [0, 0.05) is 18.5 Å². The summed E-state index contributed by atoms with van der Waals surface area (Å²) in [6.07, 6.45) is -0.412. The normalized spacial score (nSPS) is 24.4. The highest BCUT2D eigenvalue weighted by Gasteiger charge is 2.67. The van der Waals surface area contributed by atoms with Crippen molar-refractivity contribution in [2.24, 2.45) is 17.3 Å². The van der Waals surface area contributed by atoms with Crippen LogP contribution in [0, 0.1) is 17.3 Å². The largest absolute Gasteiger partial charge is 0.497 e. The molecule has 6 atom stereocenters. The summed E-state index contributed by atoms with van der Waals surface area (Å²) in [6, 6.07) is 2.31. The van der Waals surface area contributed by atoms with Crippen molar-refractivity contribution in [3.05, 3.63) is 24.3 Å². The van der Waals surface area contributed by atoms with Gasteiger partial charge in [-0.2, -0.15) is 4.80 Å². The first kappa shape index (κ1) is 44.6. The SMILES string of the molecule is COc1ccc(-c2nnn([C@@H]3CC(C(=O)N[C@]4(C(=O)NS(=O)(=O)C5CC5)C[C@H]4C(F)F)N(C(=O)[C@@H](NC(=O)[C@H](NC(=O)OC(C)C)C4CCCCC4)C(C)(C)C)C3)n2)cc1. The molecular weight excluding hydrogens is 809 g/mol. The maximum Gasteiger partial charge on any atom is 0.408 e. The second-order valence-corrected chi connectivity index (χ2v) is 19.6. The summed E-state index contributed by atoms with van der Waals surface area (Å²) >= 11 is 0. The van der Waals surface area contributed by atoms with Gasteiger partial charge in [-0.3, -0.25) is 23.9 Å². The molecule has 21 heteroatoms. The number of likely N-dealkylation sites (tertiary alicyclic amines) is 1. The highest BCUT2D eigenvalue weighted by atomic mass is 32.2. The number of halogens is 2. The molecule has 330 valence electrons. The lowest BCUT2D eigenvalue weighted by molar-refractivity contribution is -0.145. The number of carbonyl (C=O) groups excluding carboxylic acids is 5. The number of hydrogen-bond donors (Lipinski definition) is 4. The minimum Gasteiger partial charge on any atom is -0.497 e. The molecule has 0 bridgehead atoms. The maximum atomic E-state index is 14.9. The van der Waals surface area contributed by atoms with E-state index in [0.717, 1.165) is 19.3 Å². The number of aromatic nitrogens is 4. The first-order valence-corrected chi connectivity index (χ1v) is 22.0. The maximum absolute atomic E-state index is 14.9. The zero-order valence-corrected chi connectivity index (χ0v) is 35.5. The molecule has 2 aromatic rings. The number of hydrogen-bond acceptors (Lipinski definition) is 12. The van der Waals surface area contributed by atoms with Crippen LogP contribution in [0.5, 0.6) is 5.75 Å². The molecule has 4 aliphatic rings. The van der Waals surface area contributed by atoms with Crippen LogP contribution in [-0.4, -0.2) is 118 Å². The number of tetrazole rings is 1. The summed E-state index contributed by atoms with van der Waals surface area (Å²) in [4.78, 5) is 72.2. The number of ether oxygens (including phenoxy) is 2. The van der Waals surface area contributed by atoms with Crippen LogP contribution in [0.4, 0.5) is 13.6 Å². The van der Waals surface area contributed by atoms with Gasteiger partial charge in [0.2, 0.25) is 40.0 Å². The highest BCUT2D eigenvalue weighted by Crippen LogP contribution is 2.48. The van der Waals surface area contributed by atoms with Gasteiger partial charge < -0.3 is 30.3 Å². The molecular formula is C39H55F2N9O9S. The molecule has 1 unspecified atom stereocenters. The molecule has 2 heterocycles. The molecule has 1 aromatic heterocycles. The van der Waals surface area contributed by atoms with Gasteiger partial charge in [-0.25, -0.2) is 22.0 Å². The second-order valence-electron chi connectivity index (χ2n) is 17.6. The molecule has 0 spiro atoms. The van der Waals surface area contributed by atoms with Crippen molar-refractivity contribution in [3.63, 3.8) is 0 Å². The third-order valence-corrected chi connectivity index (χ3v) is 13.5. The first-order valence-electron chi connectivity index (χ1n) is 20.4. The number of benzene rings is 1. The monoisotopic (exact) mass is 863 g/mol. The van der Waals surface area contributed by atoms with Crippen LogP contribution >= 0.6 is 0 Å². The van der Waals surface area contributed by atoms with Gasteiger partial charge in [-0.15, -0.1) is 10.2 Å². The van der Waals surface area contributed by atoms with E-state index in [4.69, 9.17) is 9.47 Å². The smallest absolute Gasteiger partial charge is 0.408 e. The number of amides is 5. The van der Waals surface area contributed by atoms with E-state index in [1.165, 1.54) is 16.8 Å². The Morgan fingerprint density at radius 1 is 0.967 bits per heavy atom. The predicted octanol–water partition coefficient (Wildman–Crippen LogP) is 2.85. The number of alkyl halides is 2. The van der Waals surface area contributed by atoms with Crippen molar-refractivity contribution in [3.8, 4) is 17.1 Å². The molecule has 3 saturated carbocycles. The lowest BCUT2D eigenvalue weighted by Crippen LogP contribution is -2.62. The van der Waals surface area contributed by atoms with E-state index in [9.17, 15) is 41.2 Å². The summed E-state index contributed by atoms with van der Waals surface area (Å²) in [5, 5.41) is 20.0. The third kappa shape index (κ3) is 9.97. The summed E-state index contributed by atoms with van der Waals surface area (Å²) in [7, 11) is -2.64. The fraction of sp³-hybridized carbons (Fsp3) is 0.692. The van der Waals surface area contributed by atoms with Crippen LogP contribution in [-0.2, 0) is 33.9 Å². The lowest BCUT2D eigenvalue weighted by Gasteiger charge is -2.37. The molecule has 5 amide bonds. The Bertz CT molecular complexity index is 2040. The Balaban J connectivity index is 1.30. The molecule has 3 aliphatic carbocycles. The van der Waals surface area contributed by atoms with Gasteiger partial charge in [0.25, 0.3) is 5.91 Å². The predicted molar refractivity (Wildman–Crippen MR) is 211 cm³/mol. The fourth-order valence-electron chi connectivity index (χ4n) is 8.03. The Hall–Kier alpha value is -4.95. The zero-order chi connectivity index (χ0) is 43.7. The number of alkyl carbamates (subject to hydrolysis) is 1. The van der Waals surface area contributed by atoms with Gasteiger partial charge in [0.15, 0.2) is 0 Å². The molecule has 0 radical (unpaired) electrons. The van der Waals surface area contributed by atoms with Crippen LogP contribution in [0.3, 0.4) is 0 Å². The second kappa shape index (κ2) is 17.6. The zero-order valence-electron chi connectivity index (χ0n) is 34.7. The van der Waals surface area contributed by atoms with Gasteiger partial charge in [-0.05, 0) is 86.8 Å². The number of nitrogens with zero attached hydrogens (tertiary/aromatic N) is 5. The van der Waals surface area contributed by atoms with Crippen molar-refractivity contribution < 1.29 is 50.6 Å². The van der Waals surface area contributed by atoms with E-state index in [1.54, 1.807) is 58.9 Å². The summed E-state index contributed by atoms with van der Waals surface area (Å²) in [5.41, 5.74) is -2.64. The molecule has 1 aliphatic heterocycles. The van der Waals surface area contributed by atoms with Crippen molar-refractivity contribution in [2.45, 2.75) is 140 Å². The average Bonchev–Trinajstić information content (AvgIpc) is 4.08. The average molecular weight is 864 g/mol. The van der Waals surface area contributed by atoms with Crippen LogP contribution < -0.4 is 25.4 Å². The van der Waals surface area contributed by atoms with Crippen molar-refractivity contribution in [1.29, 1.82) is 0 Å².